The van der Waals surface area contributed by atoms with Gasteiger partial charge >= 0.3 is 11.7 Å². The molecule has 1 saturated carbocycles. The highest BCUT2D eigenvalue weighted by molar-refractivity contribution is 5.83. The summed E-state index contributed by atoms with van der Waals surface area (Å²) in [6.45, 7) is 1.91. The molecule has 3 rings (SSSR count). The zero-order valence-electron chi connectivity index (χ0n) is 15.6. The Morgan fingerprint density at radius 1 is 1.30 bits per heavy atom. The predicted octanol–water partition coefficient (Wildman–Crippen LogP) is -0.576. The van der Waals surface area contributed by atoms with Crippen LogP contribution in [0.4, 0.5) is 0 Å². The first-order valence-electron chi connectivity index (χ1n) is 8.90. The Labute approximate surface area is 154 Å². The lowest BCUT2D eigenvalue weighted by Gasteiger charge is -2.13. The number of hydrogen-bond donors (Lipinski definition) is 1. The number of nitrogens with zero attached hydrogens (tertiary/aromatic N) is 4. The molecule has 0 spiro atoms. The number of nitrogens with one attached hydrogen (secondary N) is 1. The number of esters is 1. The molecule has 2 aromatic heterocycles. The topological polar surface area (TPSA) is 117 Å². The van der Waals surface area contributed by atoms with Crippen molar-refractivity contribution in [3.8, 4) is 0 Å². The number of rotatable bonds is 7. The third-order valence-electron chi connectivity index (χ3n) is 4.60. The molecule has 2 aromatic rings. The molecule has 2 heterocycles. The van der Waals surface area contributed by atoms with Gasteiger partial charge in [-0.3, -0.25) is 23.5 Å². The molecule has 1 atom stereocenters. The van der Waals surface area contributed by atoms with E-state index >= 15 is 0 Å². The summed E-state index contributed by atoms with van der Waals surface area (Å²) in [4.78, 5) is 52.1. The smallest absolute Gasteiger partial charge is 0.332 e. The Balaban J connectivity index is 1.59. The average molecular weight is 377 g/mol. The van der Waals surface area contributed by atoms with E-state index in [1.807, 2.05) is 0 Å². The first kappa shape index (κ1) is 18.9. The lowest BCUT2D eigenvalue weighted by molar-refractivity contribution is -0.155. The maximum Gasteiger partial charge on any atom is 0.332 e. The van der Waals surface area contributed by atoms with Crippen molar-refractivity contribution < 1.29 is 14.3 Å². The zero-order chi connectivity index (χ0) is 19.7. The van der Waals surface area contributed by atoms with Crippen LogP contribution in [0.1, 0.15) is 32.6 Å². The van der Waals surface area contributed by atoms with E-state index in [-0.39, 0.29) is 18.4 Å². The number of aromatic nitrogens is 4. The Bertz CT molecular complexity index is 998. The monoisotopic (exact) mass is 377 g/mol. The first-order chi connectivity index (χ1) is 12.8. The van der Waals surface area contributed by atoms with Gasteiger partial charge in [-0.25, -0.2) is 9.78 Å². The van der Waals surface area contributed by atoms with E-state index in [1.165, 1.54) is 17.9 Å². The Morgan fingerprint density at radius 3 is 2.67 bits per heavy atom. The summed E-state index contributed by atoms with van der Waals surface area (Å²) in [5.41, 5.74) is -0.264. The molecular weight excluding hydrogens is 354 g/mol. The molecular formula is C17H23N5O5. The SMILES string of the molecule is C[C@H](OC(=O)CCCn1cnc2c1c(=O)n(C)c(=O)n2C)C(=O)NC1CC1. The van der Waals surface area contributed by atoms with Gasteiger partial charge in [-0.1, -0.05) is 0 Å². The van der Waals surface area contributed by atoms with Crippen molar-refractivity contribution in [2.45, 2.75) is 51.3 Å². The third kappa shape index (κ3) is 3.93. The molecule has 27 heavy (non-hydrogen) atoms. The van der Waals surface area contributed by atoms with Gasteiger partial charge in [0.05, 0.1) is 6.33 Å². The van der Waals surface area contributed by atoms with Crippen LogP contribution in [0.15, 0.2) is 15.9 Å². The van der Waals surface area contributed by atoms with E-state index in [0.29, 0.717) is 24.1 Å². The van der Waals surface area contributed by atoms with Gasteiger partial charge in [0.25, 0.3) is 11.5 Å². The molecule has 1 fully saturated rings. The second kappa shape index (κ2) is 7.37. The summed E-state index contributed by atoms with van der Waals surface area (Å²) in [7, 11) is 2.96. The number of hydrogen-bond acceptors (Lipinski definition) is 6. The van der Waals surface area contributed by atoms with Crippen LogP contribution in [-0.4, -0.2) is 42.7 Å². The molecule has 0 bridgehead atoms. The highest BCUT2D eigenvalue weighted by Gasteiger charge is 2.27. The van der Waals surface area contributed by atoms with Crippen molar-refractivity contribution in [3.63, 3.8) is 0 Å². The van der Waals surface area contributed by atoms with Crippen LogP contribution in [0.2, 0.25) is 0 Å². The summed E-state index contributed by atoms with van der Waals surface area (Å²) in [5.74, 6) is -0.756. The third-order valence-corrected chi connectivity index (χ3v) is 4.60. The maximum atomic E-state index is 12.3. The molecule has 1 aliphatic carbocycles. The number of aryl methyl sites for hydroxylation is 2. The molecule has 1 aliphatic rings. The van der Waals surface area contributed by atoms with Gasteiger partial charge in [0.15, 0.2) is 17.3 Å². The van der Waals surface area contributed by atoms with Gasteiger partial charge in [0.1, 0.15) is 0 Å². The van der Waals surface area contributed by atoms with Crippen molar-refractivity contribution in [1.82, 2.24) is 24.0 Å². The van der Waals surface area contributed by atoms with Crippen LogP contribution >= 0.6 is 0 Å². The van der Waals surface area contributed by atoms with Crippen LogP contribution < -0.4 is 16.6 Å². The van der Waals surface area contributed by atoms with Crippen molar-refractivity contribution >= 4 is 23.0 Å². The second-order valence-corrected chi connectivity index (χ2v) is 6.83. The molecule has 1 amide bonds. The second-order valence-electron chi connectivity index (χ2n) is 6.83. The number of ether oxygens (including phenoxy) is 1. The Morgan fingerprint density at radius 2 is 2.00 bits per heavy atom. The summed E-state index contributed by atoms with van der Waals surface area (Å²) in [6.07, 6.45) is 3.10. The number of fused-ring (bicyclic) bond motifs is 1. The zero-order valence-corrected chi connectivity index (χ0v) is 15.6. The van der Waals surface area contributed by atoms with E-state index in [2.05, 4.69) is 10.3 Å². The van der Waals surface area contributed by atoms with E-state index < -0.39 is 23.3 Å². The van der Waals surface area contributed by atoms with Crippen molar-refractivity contribution in [1.29, 1.82) is 0 Å². The van der Waals surface area contributed by atoms with Crippen LogP contribution in [0.25, 0.3) is 11.2 Å². The lowest BCUT2D eigenvalue weighted by Crippen LogP contribution is -2.37. The quantitative estimate of drug-likeness (QED) is 0.646. The van der Waals surface area contributed by atoms with Crippen LogP contribution in [0.5, 0.6) is 0 Å². The normalized spacial score (nSPS) is 14.9. The van der Waals surface area contributed by atoms with E-state index in [0.717, 1.165) is 17.4 Å². The minimum Gasteiger partial charge on any atom is -0.453 e. The molecule has 0 saturated heterocycles. The van der Waals surface area contributed by atoms with Gasteiger partial charge < -0.3 is 14.6 Å². The first-order valence-corrected chi connectivity index (χ1v) is 8.90. The lowest BCUT2D eigenvalue weighted by atomic mass is 10.3. The highest BCUT2D eigenvalue weighted by atomic mass is 16.5. The van der Waals surface area contributed by atoms with Gasteiger partial charge in [0.2, 0.25) is 0 Å². The van der Waals surface area contributed by atoms with Crippen molar-refractivity contribution in [3.05, 3.63) is 27.2 Å². The van der Waals surface area contributed by atoms with Crippen molar-refractivity contribution in [2.75, 3.05) is 0 Å². The molecule has 146 valence electrons. The van der Waals surface area contributed by atoms with E-state index in [4.69, 9.17) is 4.74 Å². The predicted molar refractivity (Wildman–Crippen MR) is 96.2 cm³/mol. The Kier molecular flexibility index (Phi) is 5.15. The van der Waals surface area contributed by atoms with Crippen molar-refractivity contribution in [2.24, 2.45) is 14.1 Å². The van der Waals surface area contributed by atoms with E-state index in [9.17, 15) is 19.2 Å². The molecule has 0 unspecified atom stereocenters. The van der Waals surface area contributed by atoms with Crippen LogP contribution in [0, 0.1) is 0 Å². The number of carbonyl (C=O) groups is 2. The largest absolute Gasteiger partial charge is 0.453 e. The standard InChI is InChI=1S/C17H23N5O5/c1-10(15(24)19-11-6-7-11)27-12(23)5-4-8-22-9-18-14-13(22)16(25)21(3)17(26)20(14)2/h9-11H,4-8H2,1-3H3,(H,19,24)/t10-/m0/s1. The minimum absolute atomic E-state index is 0.104. The summed E-state index contributed by atoms with van der Waals surface area (Å²) >= 11 is 0. The summed E-state index contributed by atoms with van der Waals surface area (Å²) in [5, 5.41) is 2.79. The fraction of sp³-hybridized carbons (Fsp3) is 0.588. The molecule has 10 heteroatoms. The van der Waals surface area contributed by atoms with Gasteiger partial charge in [-0.15, -0.1) is 0 Å². The number of amides is 1. The Hall–Kier alpha value is -2.91. The molecule has 0 radical (unpaired) electrons. The fourth-order valence-corrected chi connectivity index (χ4v) is 2.82. The van der Waals surface area contributed by atoms with Crippen LogP contribution in [-0.2, 0) is 35.0 Å². The maximum absolute atomic E-state index is 12.3. The average Bonchev–Trinajstić information content (AvgIpc) is 3.34. The van der Waals surface area contributed by atoms with Gasteiger partial charge in [-0.2, -0.15) is 0 Å². The van der Waals surface area contributed by atoms with Gasteiger partial charge in [-0.05, 0) is 26.2 Å². The summed E-state index contributed by atoms with van der Waals surface area (Å²) < 4.78 is 9.09. The molecule has 10 nitrogen and oxygen atoms in total. The highest BCUT2D eigenvalue weighted by Crippen LogP contribution is 2.18. The van der Waals surface area contributed by atoms with E-state index in [1.54, 1.807) is 18.5 Å². The van der Waals surface area contributed by atoms with Gasteiger partial charge in [0, 0.05) is 33.1 Å². The molecule has 1 N–H and O–H groups in total. The minimum atomic E-state index is -0.825. The number of carbonyl (C=O) groups excluding carboxylic acids is 2. The molecule has 0 aliphatic heterocycles. The summed E-state index contributed by atoms with van der Waals surface area (Å²) in [6, 6.07) is 0.215. The fourth-order valence-electron chi connectivity index (χ4n) is 2.82. The molecule has 0 aromatic carbocycles. The number of imidazole rings is 1. The van der Waals surface area contributed by atoms with Crippen LogP contribution in [0.3, 0.4) is 0 Å².